The molecule has 2 unspecified atom stereocenters. The molecule has 1 aliphatic carbocycles. The molecule has 1 aliphatic heterocycles. The van der Waals surface area contributed by atoms with E-state index in [1.54, 1.807) is 11.0 Å². The number of hydrogen-bond acceptors (Lipinski definition) is 4. The minimum absolute atomic E-state index is 0.0426. The lowest BCUT2D eigenvalue weighted by atomic mass is 9.94. The van der Waals surface area contributed by atoms with Crippen LogP contribution in [0.1, 0.15) is 49.1 Å². The first-order chi connectivity index (χ1) is 17.0. The van der Waals surface area contributed by atoms with Crippen LogP contribution < -0.4 is 5.32 Å². The van der Waals surface area contributed by atoms with Crippen LogP contribution in [0.2, 0.25) is 0 Å². The average molecular weight is 477 g/mol. The molecule has 2 amide bonds. The van der Waals surface area contributed by atoms with Gasteiger partial charge in [0.05, 0.1) is 0 Å². The van der Waals surface area contributed by atoms with Crippen LogP contribution >= 0.6 is 0 Å². The number of aliphatic carboxylic acids is 1. The number of hydrogen-bond donors (Lipinski definition) is 2. The maximum atomic E-state index is 13.2. The highest BCUT2D eigenvalue weighted by atomic mass is 16.5. The molecule has 0 spiro atoms. The summed E-state index contributed by atoms with van der Waals surface area (Å²) in [4.78, 5) is 38.8. The molecule has 7 nitrogen and oxygen atoms in total. The van der Waals surface area contributed by atoms with E-state index in [-0.39, 0.29) is 30.8 Å². The Bertz CT molecular complexity index is 1050. The van der Waals surface area contributed by atoms with Crippen LogP contribution in [-0.4, -0.2) is 53.7 Å². The molecular weight excluding hydrogens is 444 g/mol. The minimum Gasteiger partial charge on any atom is -0.481 e. The number of nitrogens with one attached hydrogen (secondary N) is 1. The van der Waals surface area contributed by atoms with Crippen molar-refractivity contribution in [2.75, 3.05) is 19.7 Å². The van der Waals surface area contributed by atoms with E-state index < -0.39 is 18.1 Å². The summed E-state index contributed by atoms with van der Waals surface area (Å²) in [5, 5.41) is 11.9. The Morgan fingerprint density at radius 2 is 1.77 bits per heavy atom. The van der Waals surface area contributed by atoms with Gasteiger partial charge in [0.15, 0.2) is 0 Å². The quantitative estimate of drug-likeness (QED) is 0.517. The number of carbonyl (C=O) groups excluding carboxylic acids is 2. The van der Waals surface area contributed by atoms with E-state index in [1.807, 2.05) is 24.3 Å². The second kappa shape index (κ2) is 11.2. The largest absolute Gasteiger partial charge is 0.481 e. The highest BCUT2D eigenvalue weighted by Crippen LogP contribution is 2.44. The van der Waals surface area contributed by atoms with Gasteiger partial charge in [-0.1, -0.05) is 54.6 Å². The topological polar surface area (TPSA) is 95.9 Å². The first kappa shape index (κ1) is 24.5. The minimum atomic E-state index is -0.857. The number of rotatable bonds is 9. The fraction of sp³-hybridized carbons (Fsp3) is 0.393. The molecule has 1 heterocycles. The van der Waals surface area contributed by atoms with Crippen LogP contribution in [0.5, 0.6) is 0 Å². The number of carboxylic acids is 1. The van der Waals surface area contributed by atoms with Crippen molar-refractivity contribution < 1.29 is 24.2 Å². The predicted octanol–water partition coefficient (Wildman–Crippen LogP) is 4.57. The smallest absolute Gasteiger partial charge is 0.407 e. The van der Waals surface area contributed by atoms with Gasteiger partial charge < -0.3 is 20.1 Å². The second-order valence-corrected chi connectivity index (χ2v) is 9.28. The third-order valence-corrected chi connectivity index (χ3v) is 6.89. The van der Waals surface area contributed by atoms with Crippen LogP contribution in [0.3, 0.4) is 0 Å². The van der Waals surface area contributed by atoms with Crippen molar-refractivity contribution in [3.63, 3.8) is 0 Å². The zero-order valence-corrected chi connectivity index (χ0v) is 19.8. The number of likely N-dealkylation sites (tertiary alicyclic amines) is 1. The highest BCUT2D eigenvalue weighted by molar-refractivity contribution is 5.86. The summed E-state index contributed by atoms with van der Waals surface area (Å²) >= 11 is 0. The monoisotopic (exact) mass is 476 g/mol. The molecule has 0 saturated carbocycles. The first-order valence-corrected chi connectivity index (χ1v) is 12.2. The number of amides is 2. The first-order valence-electron chi connectivity index (χ1n) is 12.2. The van der Waals surface area contributed by atoms with Gasteiger partial charge in [0.1, 0.15) is 12.6 Å². The van der Waals surface area contributed by atoms with Gasteiger partial charge in [0.2, 0.25) is 5.91 Å². The molecule has 184 valence electrons. The van der Waals surface area contributed by atoms with Gasteiger partial charge in [0.25, 0.3) is 0 Å². The molecule has 35 heavy (non-hydrogen) atoms. The van der Waals surface area contributed by atoms with Crippen molar-refractivity contribution in [1.82, 2.24) is 10.2 Å². The summed E-state index contributed by atoms with van der Waals surface area (Å²) < 4.78 is 5.64. The number of alkyl carbamates (subject to hydrolysis) is 1. The van der Waals surface area contributed by atoms with E-state index in [0.29, 0.717) is 25.9 Å². The van der Waals surface area contributed by atoms with Crippen LogP contribution in [-0.2, 0) is 14.3 Å². The fourth-order valence-electron chi connectivity index (χ4n) is 5.22. The lowest BCUT2D eigenvalue weighted by Crippen LogP contribution is -2.51. The van der Waals surface area contributed by atoms with Gasteiger partial charge in [-0.25, -0.2) is 4.79 Å². The molecule has 1 fully saturated rings. The number of carbonyl (C=O) groups is 3. The molecule has 2 aliphatic rings. The Kier molecular flexibility index (Phi) is 7.85. The molecule has 2 N–H and O–H groups in total. The van der Waals surface area contributed by atoms with E-state index >= 15 is 0 Å². The van der Waals surface area contributed by atoms with Crippen LogP contribution in [0, 0.1) is 5.92 Å². The van der Waals surface area contributed by atoms with Crippen LogP contribution in [0.4, 0.5) is 4.79 Å². The molecule has 7 heteroatoms. The summed E-state index contributed by atoms with van der Waals surface area (Å²) in [6.45, 7) is 4.85. The number of carboxylic acid groups (broad SMARTS) is 1. The molecular formula is C28H32N2O5. The Balaban J connectivity index is 1.40. The Morgan fingerprint density at radius 1 is 1.11 bits per heavy atom. The summed E-state index contributed by atoms with van der Waals surface area (Å²) in [5.74, 6) is -1.19. The van der Waals surface area contributed by atoms with Crippen molar-refractivity contribution >= 4 is 18.0 Å². The highest BCUT2D eigenvalue weighted by Gasteiger charge is 2.32. The fourth-order valence-corrected chi connectivity index (χ4v) is 5.22. The summed E-state index contributed by atoms with van der Waals surface area (Å²) in [5.41, 5.74) is 4.55. The van der Waals surface area contributed by atoms with E-state index in [1.165, 1.54) is 0 Å². The van der Waals surface area contributed by atoms with Crippen molar-refractivity contribution in [3.05, 3.63) is 72.3 Å². The zero-order chi connectivity index (χ0) is 24.8. The molecule has 0 aromatic heterocycles. The number of allylic oxidation sites excluding steroid dienone is 1. The third kappa shape index (κ3) is 5.73. The van der Waals surface area contributed by atoms with Crippen molar-refractivity contribution in [1.29, 1.82) is 0 Å². The predicted molar refractivity (Wildman–Crippen MR) is 133 cm³/mol. The Hall–Kier alpha value is -3.61. The lowest BCUT2D eigenvalue weighted by molar-refractivity contribution is -0.141. The summed E-state index contributed by atoms with van der Waals surface area (Å²) in [6, 6.07) is 15.5. The van der Waals surface area contributed by atoms with Crippen molar-refractivity contribution in [2.45, 2.75) is 44.1 Å². The molecule has 2 aromatic rings. The van der Waals surface area contributed by atoms with Gasteiger partial charge >= 0.3 is 12.1 Å². The maximum absolute atomic E-state index is 13.2. The van der Waals surface area contributed by atoms with Gasteiger partial charge in [-0.15, -0.1) is 6.58 Å². The third-order valence-electron chi connectivity index (χ3n) is 6.89. The number of benzene rings is 2. The SMILES string of the molecule is C=CCCC(NC(=O)OCC1c2ccccc2-c2ccccc21)C(=O)N1CCCC(CC(=O)O)C1. The molecule has 4 rings (SSSR count). The van der Waals surface area contributed by atoms with E-state index in [0.717, 1.165) is 35.1 Å². The standard InChI is InChI=1S/C28H32N2O5/c1-2-3-14-25(27(33)30-15-8-9-19(17-30)16-26(31)32)29-28(34)35-18-24-22-12-6-4-10-20(22)21-11-5-7-13-23(21)24/h2,4-7,10-13,19,24-25H,1,3,8-9,14-18H2,(H,29,34)(H,31,32). The van der Waals surface area contributed by atoms with Gasteiger partial charge in [-0.05, 0) is 53.9 Å². The number of piperidine rings is 1. The number of ether oxygens (including phenoxy) is 1. The summed E-state index contributed by atoms with van der Waals surface area (Å²) in [6.07, 6.45) is 3.63. The van der Waals surface area contributed by atoms with Crippen molar-refractivity contribution in [3.8, 4) is 11.1 Å². The van der Waals surface area contributed by atoms with Gasteiger partial charge in [0, 0.05) is 25.4 Å². The van der Waals surface area contributed by atoms with Gasteiger partial charge in [-0.2, -0.15) is 0 Å². The number of nitrogens with zero attached hydrogens (tertiary/aromatic N) is 1. The molecule has 2 aromatic carbocycles. The van der Waals surface area contributed by atoms with Crippen LogP contribution in [0.15, 0.2) is 61.2 Å². The Morgan fingerprint density at radius 3 is 2.40 bits per heavy atom. The number of fused-ring (bicyclic) bond motifs is 3. The zero-order valence-electron chi connectivity index (χ0n) is 19.8. The average Bonchev–Trinajstić information content (AvgIpc) is 3.18. The molecule has 0 bridgehead atoms. The molecule has 1 saturated heterocycles. The van der Waals surface area contributed by atoms with Crippen molar-refractivity contribution in [2.24, 2.45) is 5.92 Å². The van der Waals surface area contributed by atoms with E-state index in [9.17, 15) is 14.4 Å². The van der Waals surface area contributed by atoms with Crippen LogP contribution in [0.25, 0.3) is 11.1 Å². The lowest BCUT2D eigenvalue weighted by Gasteiger charge is -2.34. The molecule has 0 radical (unpaired) electrons. The van der Waals surface area contributed by atoms with E-state index in [2.05, 4.69) is 36.2 Å². The Labute approximate surface area is 205 Å². The normalized spacial score (nSPS) is 17.7. The second-order valence-electron chi connectivity index (χ2n) is 9.28. The summed E-state index contributed by atoms with van der Waals surface area (Å²) in [7, 11) is 0. The molecule has 2 atom stereocenters. The maximum Gasteiger partial charge on any atom is 0.407 e. The van der Waals surface area contributed by atoms with E-state index in [4.69, 9.17) is 9.84 Å². The van der Waals surface area contributed by atoms with Gasteiger partial charge in [-0.3, -0.25) is 9.59 Å².